The number of esters is 1. The van der Waals surface area contributed by atoms with Gasteiger partial charge in [-0.3, -0.25) is 9.69 Å². The third kappa shape index (κ3) is 3.11. The lowest BCUT2D eigenvalue weighted by Gasteiger charge is -2.39. The zero-order valence-electron chi connectivity index (χ0n) is 12.8. The van der Waals surface area contributed by atoms with Crippen molar-refractivity contribution in [1.29, 1.82) is 0 Å². The molecule has 1 N–H and O–H groups in total. The summed E-state index contributed by atoms with van der Waals surface area (Å²) in [5.74, 6) is -0.836. The van der Waals surface area contributed by atoms with Crippen molar-refractivity contribution in [3.05, 3.63) is 0 Å². The second-order valence-electron chi connectivity index (χ2n) is 6.29. The average Bonchev–Trinajstić information content (AvgIpc) is 2.71. The molecule has 2 fully saturated rings. The maximum absolute atomic E-state index is 12.3. The van der Waals surface area contributed by atoms with Gasteiger partial charge in [0.15, 0.2) is 0 Å². The molecular weight excluding hydrogens is 276 g/mol. The zero-order valence-corrected chi connectivity index (χ0v) is 12.8. The van der Waals surface area contributed by atoms with Crippen LogP contribution in [-0.4, -0.2) is 53.2 Å². The van der Waals surface area contributed by atoms with Gasteiger partial charge in [-0.05, 0) is 40.5 Å². The van der Waals surface area contributed by atoms with Gasteiger partial charge in [-0.1, -0.05) is 0 Å². The largest absolute Gasteiger partial charge is 0.464 e. The van der Waals surface area contributed by atoms with Gasteiger partial charge in [0.05, 0.1) is 12.6 Å². The third-order valence-electron chi connectivity index (χ3n) is 3.56. The fourth-order valence-corrected chi connectivity index (χ4v) is 2.79. The summed E-state index contributed by atoms with van der Waals surface area (Å²) in [6, 6.07) is -1.78. The summed E-state index contributed by atoms with van der Waals surface area (Å²) < 4.78 is 10.3. The Bertz CT molecular complexity index is 457. The minimum Gasteiger partial charge on any atom is -0.464 e. The molecule has 2 aliphatic rings. The van der Waals surface area contributed by atoms with Gasteiger partial charge in [-0.15, -0.1) is 0 Å². The standard InChI is InChI=1S/C14H22N2O5/c1-5-20-12(18)10-8-6-7-9(11(17)15-10)16(8)13(19)21-14(2,3)4/h8-10H,5-7H2,1-4H3,(H,15,17)/t8-,9+,10-/m1/s1. The van der Waals surface area contributed by atoms with Gasteiger partial charge >= 0.3 is 12.1 Å². The number of carbonyl (C=O) groups excluding carboxylic acids is 3. The minimum absolute atomic E-state index is 0.230. The molecule has 3 atom stereocenters. The third-order valence-corrected chi connectivity index (χ3v) is 3.56. The van der Waals surface area contributed by atoms with Crippen LogP contribution in [0.4, 0.5) is 4.79 Å². The Morgan fingerprint density at radius 3 is 2.57 bits per heavy atom. The molecule has 2 bridgehead atoms. The van der Waals surface area contributed by atoms with Crippen LogP contribution in [0.5, 0.6) is 0 Å². The summed E-state index contributed by atoms with van der Waals surface area (Å²) in [5.41, 5.74) is -0.649. The number of hydrogen-bond acceptors (Lipinski definition) is 5. The van der Waals surface area contributed by atoms with Crippen molar-refractivity contribution in [3.8, 4) is 0 Å². The van der Waals surface area contributed by atoms with Crippen LogP contribution >= 0.6 is 0 Å². The number of ether oxygens (including phenoxy) is 2. The number of hydrogen-bond donors (Lipinski definition) is 1. The van der Waals surface area contributed by atoms with E-state index in [1.807, 2.05) is 0 Å². The average molecular weight is 298 g/mol. The highest BCUT2D eigenvalue weighted by molar-refractivity contribution is 5.93. The van der Waals surface area contributed by atoms with Gasteiger partial charge in [0.1, 0.15) is 17.7 Å². The van der Waals surface area contributed by atoms with Crippen molar-refractivity contribution in [2.24, 2.45) is 0 Å². The van der Waals surface area contributed by atoms with Gasteiger partial charge in [-0.2, -0.15) is 0 Å². The summed E-state index contributed by atoms with van der Waals surface area (Å²) >= 11 is 0. The molecule has 0 spiro atoms. The lowest BCUT2D eigenvalue weighted by atomic mass is 10.1. The fourth-order valence-electron chi connectivity index (χ4n) is 2.79. The summed E-state index contributed by atoms with van der Waals surface area (Å²) in [4.78, 5) is 37.8. The van der Waals surface area contributed by atoms with E-state index >= 15 is 0 Å². The van der Waals surface area contributed by atoms with Gasteiger partial charge < -0.3 is 14.8 Å². The number of rotatable bonds is 2. The Kier molecular flexibility index (Phi) is 4.11. The first-order valence-corrected chi connectivity index (χ1v) is 7.23. The Morgan fingerprint density at radius 2 is 2.00 bits per heavy atom. The summed E-state index contributed by atoms with van der Waals surface area (Å²) in [5, 5.41) is 2.65. The monoisotopic (exact) mass is 298 g/mol. The number of fused-ring (bicyclic) bond motifs is 2. The van der Waals surface area contributed by atoms with Crippen LogP contribution in [0, 0.1) is 0 Å². The van der Waals surface area contributed by atoms with Gasteiger partial charge in [0, 0.05) is 0 Å². The summed E-state index contributed by atoms with van der Waals surface area (Å²) in [7, 11) is 0. The first-order valence-electron chi connectivity index (χ1n) is 7.23. The number of nitrogens with one attached hydrogen (secondary N) is 1. The van der Waals surface area contributed by atoms with Crippen LogP contribution < -0.4 is 5.32 Å². The van der Waals surface area contributed by atoms with E-state index in [9.17, 15) is 14.4 Å². The number of piperazine rings is 1. The van der Waals surface area contributed by atoms with Crippen LogP contribution in [-0.2, 0) is 19.1 Å². The number of nitrogens with zero attached hydrogens (tertiary/aromatic N) is 1. The minimum atomic E-state index is -0.816. The van der Waals surface area contributed by atoms with Crippen molar-refractivity contribution in [3.63, 3.8) is 0 Å². The number of carbonyl (C=O) groups is 3. The Balaban J connectivity index is 2.20. The van der Waals surface area contributed by atoms with Crippen molar-refractivity contribution in [2.45, 2.75) is 64.3 Å². The highest BCUT2D eigenvalue weighted by atomic mass is 16.6. The zero-order chi connectivity index (χ0) is 15.8. The quantitative estimate of drug-likeness (QED) is 0.763. The Hall–Kier alpha value is -1.79. The molecule has 0 aromatic heterocycles. The molecule has 2 saturated heterocycles. The van der Waals surface area contributed by atoms with E-state index in [4.69, 9.17) is 9.47 Å². The Labute approximate surface area is 123 Å². The van der Waals surface area contributed by atoms with Crippen LogP contribution in [0.25, 0.3) is 0 Å². The van der Waals surface area contributed by atoms with Crippen molar-refractivity contribution < 1.29 is 23.9 Å². The van der Waals surface area contributed by atoms with Crippen molar-refractivity contribution in [2.75, 3.05) is 6.61 Å². The molecule has 2 amide bonds. The van der Waals surface area contributed by atoms with Crippen molar-refractivity contribution >= 4 is 18.0 Å². The topological polar surface area (TPSA) is 84.9 Å². The first kappa shape index (κ1) is 15.6. The van der Waals surface area contributed by atoms with Crippen molar-refractivity contribution in [1.82, 2.24) is 10.2 Å². The Morgan fingerprint density at radius 1 is 1.33 bits per heavy atom. The molecule has 0 aliphatic carbocycles. The van der Waals surface area contributed by atoms with Gasteiger partial charge in [0.2, 0.25) is 5.91 Å². The SMILES string of the molecule is CCOC(=O)[C@@H]1NC(=O)[C@@H]2CC[C@H]1N2C(=O)OC(C)(C)C. The molecule has 0 unspecified atom stereocenters. The van der Waals surface area contributed by atoms with E-state index in [1.54, 1.807) is 27.7 Å². The van der Waals surface area contributed by atoms with Gasteiger partial charge in [-0.25, -0.2) is 9.59 Å². The van der Waals surface area contributed by atoms with E-state index in [-0.39, 0.29) is 12.5 Å². The molecule has 2 aliphatic heterocycles. The predicted octanol–water partition coefficient (Wildman–Crippen LogP) is 0.816. The highest BCUT2D eigenvalue weighted by Crippen LogP contribution is 2.32. The van der Waals surface area contributed by atoms with Gasteiger partial charge in [0.25, 0.3) is 0 Å². The predicted molar refractivity (Wildman–Crippen MR) is 73.4 cm³/mol. The first-order chi connectivity index (χ1) is 9.74. The molecule has 118 valence electrons. The molecule has 2 rings (SSSR count). The molecule has 0 saturated carbocycles. The van der Waals surface area contributed by atoms with Crippen LogP contribution in [0.3, 0.4) is 0 Å². The number of amides is 2. The maximum Gasteiger partial charge on any atom is 0.411 e. The van der Waals surface area contributed by atoms with Crippen LogP contribution in [0.2, 0.25) is 0 Å². The second-order valence-corrected chi connectivity index (χ2v) is 6.29. The van der Waals surface area contributed by atoms with E-state index < -0.39 is 35.8 Å². The van der Waals surface area contributed by atoms with E-state index in [0.717, 1.165) is 0 Å². The lowest BCUT2D eigenvalue weighted by Crippen LogP contribution is -2.65. The highest BCUT2D eigenvalue weighted by Gasteiger charge is 2.53. The normalized spacial score (nSPS) is 28.1. The smallest absolute Gasteiger partial charge is 0.411 e. The molecule has 0 aromatic rings. The molecule has 21 heavy (non-hydrogen) atoms. The molecule has 7 nitrogen and oxygen atoms in total. The van der Waals surface area contributed by atoms with E-state index in [0.29, 0.717) is 12.8 Å². The van der Waals surface area contributed by atoms with E-state index in [2.05, 4.69) is 5.32 Å². The molecular formula is C14H22N2O5. The fraction of sp³-hybridized carbons (Fsp3) is 0.786. The maximum atomic E-state index is 12.3. The van der Waals surface area contributed by atoms with Crippen LogP contribution in [0.1, 0.15) is 40.5 Å². The molecule has 2 heterocycles. The summed E-state index contributed by atoms with van der Waals surface area (Å²) in [6.45, 7) is 7.22. The summed E-state index contributed by atoms with van der Waals surface area (Å²) in [6.07, 6.45) is 0.553. The van der Waals surface area contributed by atoms with E-state index in [1.165, 1.54) is 4.90 Å². The lowest BCUT2D eigenvalue weighted by molar-refractivity contribution is -0.152. The molecule has 0 radical (unpaired) electrons. The molecule has 0 aromatic carbocycles. The second kappa shape index (κ2) is 5.54. The molecule has 7 heteroatoms. The van der Waals surface area contributed by atoms with Crippen LogP contribution in [0.15, 0.2) is 0 Å².